The number of carboxylic acids is 3. The van der Waals surface area contributed by atoms with Crippen molar-refractivity contribution in [2.24, 2.45) is 5.41 Å². The maximum Gasteiger partial charge on any atom is 0.341 e. The molecule has 0 bridgehead atoms. The van der Waals surface area contributed by atoms with Gasteiger partial charge in [0.25, 0.3) is 5.91 Å². The normalized spacial score (nSPS) is 23.2. The minimum atomic E-state index is -1.16. The van der Waals surface area contributed by atoms with Crippen LogP contribution in [-0.2, 0) is 47.4 Å². The number of ether oxygens (including phenoxy) is 11. The summed E-state index contributed by atoms with van der Waals surface area (Å²) in [5, 5.41) is 47.2. The molecule has 0 aliphatic carbocycles. The Balaban J connectivity index is 0.000000137. The van der Waals surface area contributed by atoms with Gasteiger partial charge in [0, 0.05) is 47.0 Å². The number of imidazole rings is 3. The van der Waals surface area contributed by atoms with Gasteiger partial charge in [-0.1, -0.05) is 93.6 Å². The van der Waals surface area contributed by atoms with Gasteiger partial charge in [0.15, 0.2) is 94.1 Å². The molecule has 634 valence electrons. The maximum atomic E-state index is 13.3. The highest BCUT2D eigenvalue weighted by Gasteiger charge is 2.60. The molecule has 0 saturated carbocycles. The Hall–Kier alpha value is -14.2. The van der Waals surface area contributed by atoms with Crippen LogP contribution in [0.2, 0.25) is 0 Å². The maximum absolute atomic E-state index is 13.3. The van der Waals surface area contributed by atoms with Crippen molar-refractivity contribution in [3.8, 4) is 11.8 Å². The zero-order chi connectivity index (χ0) is 85.8. The second-order valence-electron chi connectivity index (χ2n) is 29.8. The Morgan fingerprint density at radius 1 is 0.439 bits per heavy atom. The molecule has 14 heterocycles. The smallest absolute Gasteiger partial charge is 0.341 e. The molecule has 123 heavy (non-hydrogen) atoms. The number of fused-ring (bicyclic) bond motifs is 6. The van der Waals surface area contributed by atoms with Crippen LogP contribution in [0.5, 0.6) is 11.8 Å². The molecule has 4 aromatic carbocycles. The van der Waals surface area contributed by atoms with E-state index in [2.05, 4.69) is 92.0 Å². The largest absolute Gasteiger partial charge is 0.478 e. The molecule has 14 unspecified atom stereocenters. The summed E-state index contributed by atoms with van der Waals surface area (Å²) in [5.41, 5.74) is 4.09. The molecule has 6 aliphatic rings. The Kier molecular flexibility index (Phi) is 23.6. The van der Waals surface area contributed by atoms with Gasteiger partial charge < -0.3 is 88.7 Å². The van der Waals surface area contributed by atoms with Gasteiger partial charge in [-0.25, -0.2) is 83.6 Å². The minimum absolute atomic E-state index is 0.0230. The Morgan fingerprint density at radius 3 is 1.36 bits per heavy atom. The van der Waals surface area contributed by atoms with Gasteiger partial charge >= 0.3 is 36.0 Å². The third-order valence-corrected chi connectivity index (χ3v) is 19.9. The van der Waals surface area contributed by atoms with E-state index in [1.807, 2.05) is 75.4 Å². The van der Waals surface area contributed by atoms with E-state index in [4.69, 9.17) is 52.1 Å². The van der Waals surface area contributed by atoms with E-state index < -0.39 is 134 Å². The van der Waals surface area contributed by atoms with E-state index in [9.17, 15) is 48.9 Å². The monoisotopic (exact) mass is 1680 g/mol. The standard InChI is InChI=1S/C28H29N7O7.C27H25N7O7.C26H25N7O7/c1-28(2,3)26-41-19-17(12-39-23-16(25(36)37)10-7-11-29-23)40-24(20(19)42-26)35-14-32-18-21(30-13-31-22(18)35)34-27(38)33-15-8-5-4-6-9-15;1-27(2)40-18-19(23(35)31-16-10-6-7-14(11-16)25(36)37)39-24(20(18)41-27)34-13-30-17-21(28-12-29-22(17)34)33-26(38)32-15-8-4-3-5-9-15;1-2-27-26(36)32-20-17-21(30-12-29-20)33(13-31-17)23-19-18(39-25(40-19)14-7-4-3-5-8-14)16(38-23)11-37-22-15(24(34)35)9-6-10-28-22/h4-11,13-14,17,19-20,24,26H,12H2,1-3H3,(H,36,37)(H2,30,31,33,34,38);3-13,18-20,24H,1-2H3,(H,31,35)(H,36,37)(H2,28,29,32,33,38);3-10,12-13,16,18-19,23,25H,2,11H2,1H3,(H,34,35)(H2,27,29,30,32,36). The van der Waals surface area contributed by atoms with Crippen LogP contribution in [0.3, 0.4) is 0 Å². The van der Waals surface area contributed by atoms with Gasteiger partial charge in [-0.15, -0.1) is 0 Å². The molecule has 6 aliphatic heterocycles. The van der Waals surface area contributed by atoms with Crippen LogP contribution in [-0.4, -0.2) is 213 Å². The molecule has 8 aromatic heterocycles. The zero-order valence-electron chi connectivity index (χ0n) is 66.1. The quantitative estimate of drug-likeness (QED) is 0.0320. The SMILES string of the molecule is CC(C)(C)C1OC2C(COc3ncccc3C(=O)O)OC(n3cnc4c(NC(=O)Nc5ccccc5)ncnc43)C2O1.CC1(C)OC2C(C(=O)Nc3cccc(C(=O)O)c3)OC(n3cnc4c(NC(=O)Nc5ccccc5)ncnc43)C2O1.CCNC(=O)Nc1ncnc2c1ncn2C1OC(COc2ncccc2C(=O)O)C2OC(c3ccccc3)OC21. The van der Waals surface area contributed by atoms with Crippen molar-refractivity contribution >= 4 is 110 Å². The van der Waals surface area contributed by atoms with E-state index >= 15 is 0 Å². The highest BCUT2D eigenvalue weighted by atomic mass is 16.8. The van der Waals surface area contributed by atoms with Crippen molar-refractivity contribution in [2.45, 2.75) is 134 Å². The number of aromatic carboxylic acids is 3. The summed E-state index contributed by atoms with van der Waals surface area (Å²) in [6.07, 6.45) is 1.72. The summed E-state index contributed by atoms with van der Waals surface area (Å²) in [5.74, 6) is -4.39. The van der Waals surface area contributed by atoms with Crippen LogP contribution >= 0.6 is 0 Å². The van der Waals surface area contributed by atoms with Crippen molar-refractivity contribution < 1.29 is 101 Å². The Labute approximate surface area is 696 Å². The molecule has 14 atom stereocenters. The number of pyridine rings is 2. The van der Waals surface area contributed by atoms with Crippen molar-refractivity contribution in [1.82, 2.24) is 73.8 Å². The second-order valence-corrected chi connectivity index (χ2v) is 29.8. The van der Waals surface area contributed by atoms with Gasteiger partial charge in [-0.3, -0.25) is 34.4 Å². The molecule has 12 aromatic rings. The molecular weight excluding hydrogens is 1600 g/mol. The van der Waals surface area contributed by atoms with E-state index in [0.717, 1.165) is 5.56 Å². The number of hydrogen-bond acceptors (Lipinski definition) is 29. The van der Waals surface area contributed by atoms with Crippen LogP contribution in [0.1, 0.15) is 103 Å². The van der Waals surface area contributed by atoms with Crippen LogP contribution < -0.4 is 46.7 Å². The number of carbonyl (C=O) groups is 7. The van der Waals surface area contributed by atoms with Crippen molar-refractivity contribution in [1.29, 1.82) is 0 Å². The number of nitrogens with zero attached hydrogens (tertiary/aromatic N) is 14. The van der Waals surface area contributed by atoms with Crippen LogP contribution in [0.25, 0.3) is 33.5 Å². The lowest BCUT2D eigenvalue weighted by atomic mass is 9.96. The first-order valence-electron chi connectivity index (χ1n) is 38.5. The Morgan fingerprint density at radius 2 is 0.878 bits per heavy atom. The van der Waals surface area contributed by atoms with Gasteiger partial charge in [-0.2, -0.15) is 0 Å². The number of aromatic nitrogens is 14. The molecule has 42 heteroatoms. The molecule has 0 radical (unpaired) electrons. The van der Waals surface area contributed by atoms with E-state index in [-0.39, 0.29) is 64.5 Å². The van der Waals surface area contributed by atoms with Crippen LogP contribution in [0, 0.1) is 5.41 Å². The molecule has 0 spiro atoms. The minimum Gasteiger partial charge on any atom is -0.478 e. The fourth-order valence-corrected chi connectivity index (χ4v) is 14.5. The van der Waals surface area contributed by atoms with E-state index in [0.29, 0.717) is 57.1 Å². The van der Waals surface area contributed by atoms with Gasteiger partial charge in [-0.05, 0) is 87.5 Å². The predicted molar refractivity (Wildman–Crippen MR) is 430 cm³/mol. The number of anilines is 6. The number of carbonyl (C=O) groups excluding carboxylic acids is 4. The number of benzene rings is 4. The average molecular weight is 1680 g/mol. The number of para-hydroxylation sites is 2. The molecule has 6 saturated heterocycles. The summed E-state index contributed by atoms with van der Waals surface area (Å²) in [6, 6.07) is 37.8. The molecule has 10 N–H and O–H groups in total. The number of hydrogen-bond donors (Lipinski definition) is 10. The van der Waals surface area contributed by atoms with Gasteiger partial charge in [0.2, 0.25) is 11.8 Å². The van der Waals surface area contributed by atoms with Crippen molar-refractivity contribution in [2.75, 3.05) is 51.7 Å². The van der Waals surface area contributed by atoms with Gasteiger partial charge in [0.1, 0.15) is 92.2 Å². The fourth-order valence-electron chi connectivity index (χ4n) is 14.5. The van der Waals surface area contributed by atoms with E-state index in [1.54, 1.807) is 83.3 Å². The van der Waals surface area contributed by atoms with E-state index in [1.165, 1.54) is 86.5 Å². The second kappa shape index (κ2) is 35.2. The molecular formula is C81H79N21O21. The molecule has 7 amide bonds. The lowest BCUT2D eigenvalue weighted by Gasteiger charge is -2.28. The zero-order valence-corrected chi connectivity index (χ0v) is 66.1. The summed E-state index contributed by atoms with van der Waals surface area (Å²) < 4.78 is 73.0. The lowest BCUT2D eigenvalue weighted by molar-refractivity contribution is -0.196. The third kappa shape index (κ3) is 17.9. The Bertz CT molecular complexity index is 5910. The summed E-state index contributed by atoms with van der Waals surface area (Å²) in [7, 11) is 0. The summed E-state index contributed by atoms with van der Waals surface area (Å²) in [6.45, 7) is 11.6. The number of rotatable bonds is 21. The fraction of sp³-hybridized carbons (Fsp3) is 0.309. The highest BCUT2D eigenvalue weighted by molar-refractivity contribution is 6.04. The predicted octanol–water partition coefficient (Wildman–Crippen LogP) is 9.44. The topological polar surface area (TPSA) is 522 Å². The summed E-state index contributed by atoms with van der Waals surface area (Å²) in [4.78, 5) is 132. The van der Waals surface area contributed by atoms with Crippen molar-refractivity contribution in [3.05, 3.63) is 212 Å². The van der Waals surface area contributed by atoms with Gasteiger partial charge in [0.05, 0.1) is 24.5 Å². The highest BCUT2D eigenvalue weighted by Crippen LogP contribution is 2.48. The first-order valence-corrected chi connectivity index (χ1v) is 38.5. The average Bonchev–Trinajstić information content (AvgIpc) is 1.59. The number of carboxylic acid groups (broad SMARTS) is 3. The first-order chi connectivity index (χ1) is 59.4. The number of amides is 7. The van der Waals surface area contributed by atoms with Crippen LogP contribution in [0.4, 0.5) is 48.9 Å². The third-order valence-electron chi connectivity index (χ3n) is 19.9. The number of nitrogens with one attached hydrogen (secondary N) is 7. The summed E-state index contributed by atoms with van der Waals surface area (Å²) >= 11 is 0. The van der Waals surface area contributed by atoms with Crippen molar-refractivity contribution in [3.63, 3.8) is 0 Å². The molecule has 18 rings (SSSR count). The molecule has 42 nitrogen and oxygen atoms in total. The lowest BCUT2D eigenvalue weighted by Crippen LogP contribution is -2.39. The first kappa shape index (κ1) is 82.5. The van der Waals surface area contributed by atoms with Crippen LogP contribution in [0.15, 0.2) is 190 Å². The molecule has 6 fully saturated rings. The number of urea groups is 3.